The molecule has 11 nitrogen and oxygen atoms in total. The third-order valence-electron chi connectivity index (χ3n) is 11.9. The van der Waals surface area contributed by atoms with Crippen LogP contribution < -0.4 is 14.4 Å². The zero-order chi connectivity index (χ0) is 41.1. The Balaban J connectivity index is 1.06. The van der Waals surface area contributed by atoms with Gasteiger partial charge in [-0.25, -0.2) is 9.59 Å². The van der Waals surface area contributed by atoms with Gasteiger partial charge >= 0.3 is 12.2 Å². The zero-order valence-corrected chi connectivity index (χ0v) is 36.1. The Labute approximate surface area is 341 Å². The summed E-state index contributed by atoms with van der Waals surface area (Å²) in [5.41, 5.74) is 2.12. The molecular weight excluding hydrogens is 721 g/mol. The first-order valence-electron chi connectivity index (χ1n) is 21.4. The number of ether oxygens (including phenoxy) is 4. The van der Waals surface area contributed by atoms with Crippen LogP contribution in [0.1, 0.15) is 129 Å². The number of amides is 3. The topological polar surface area (TPSA) is 101 Å². The second-order valence-corrected chi connectivity index (χ2v) is 19.7. The fourth-order valence-corrected chi connectivity index (χ4v) is 8.65. The third-order valence-corrected chi connectivity index (χ3v) is 11.9. The molecule has 0 aromatic heterocycles. The van der Waals surface area contributed by atoms with E-state index in [1.54, 1.807) is 9.80 Å². The summed E-state index contributed by atoms with van der Waals surface area (Å²) in [5.74, 6) is 2.70. The molecule has 1 aliphatic carbocycles. The number of hydrogen-bond acceptors (Lipinski definition) is 8. The Hall–Kier alpha value is -4.15. The highest BCUT2D eigenvalue weighted by molar-refractivity contribution is 5.94. The molecule has 3 heterocycles. The van der Waals surface area contributed by atoms with Crippen LogP contribution in [0.5, 0.6) is 11.5 Å². The molecule has 0 bridgehead atoms. The van der Waals surface area contributed by atoms with E-state index in [1.165, 1.54) is 0 Å². The van der Waals surface area contributed by atoms with Gasteiger partial charge in [0.25, 0.3) is 5.91 Å². The molecule has 3 amide bonds. The van der Waals surface area contributed by atoms with Gasteiger partial charge in [-0.15, -0.1) is 0 Å². The van der Waals surface area contributed by atoms with Crippen molar-refractivity contribution >= 4 is 23.8 Å². The van der Waals surface area contributed by atoms with E-state index in [0.717, 1.165) is 80.8 Å². The van der Waals surface area contributed by atoms with Crippen LogP contribution in [0.25, 0.3) is 0 Å². The summed E-state index contributed by atoms with van der Waals surface area (Å²) >= 11 is 0. The van der Waals surface area contributed by atoms with E-state index in [2.05, 4.69) is 43.9 Å². The van der Waals surface area contributed by atoms with Crippen molar-refractivity contribution in [1.29, 1.82) is 0 Å². The SMILES string of the molecule is CC(C)(C)OC(=O)N1CCN(c2cccc(OC3CCN(C(=O)c4ccc(O[C@H]5CCN(C(=O)OC(C)(C)C)C5)c([C@H]5CC[C@H](C(C)(C)C)CC5)c4)CC3)c2)CC1. The maximum Gasteiger partial charge on any atom is 0.410 e. The molecule has 3 saturated heterocycles. The summed E-state index contributed by atoms with van der Waals surface area (Å²) in [6.45, 7) is 23.4. The number of piperazine rings is 1. The summed E-state index contributed by atoms with van der Waals surface area (Å²) < 4.78 is 24.4. The number of nitrogens with zero attached hydrogens (tertiary/aromatic N) is 4. The summed E-state index contributed by atoms with van der Waals surface area (Å²) in [6, 6.07) is 14.2. The van der Waals surface area contributed by atoms with Gasteiger partial charge in [0.2, 0.25) is 0 Å². The molecule has 0 N–H and O–H groups in total. The van der Waals surface area contributed by atoms with Gasteiger partial charge in [-0.05, 0) is 120 Å². The van der Waals surface area contributed by atoms with Crippen LogP contribution in [0.4, 0.5) is 15.3 Å². The first-order chi connectivity index (χ1) is 26.8. The van der Waals surface area contributed by atoms with Crippen LogP contribution in [0.2, 0.25) is 0 Å². The average Bonchev–Trinajstić information content (AvgIpc) is 3.62. The lowest BCUT2D eigenvalue weighted by Gasteiger charge is -2.37. The van der Waals surface area contributed by atoms with Crippen molar-refractivity contribution in [2.75, 3.05) is 57.3 Å². The zero-order valence-electron chi connectivity index (χ0n) is 36.1. The average molecular weight is 789 g/mol. The van der Waals surface area contributed by atoms with Gasteiger partial charge < -0.3 is 38.5 Å². The minimum atomic E-state index is -0.546. The monoisotopic (exact) mass is 789 g/mol. The van der Waals surface area contributed by atoms with Gasteiger partial charge in [0.15, 0.2) is 0 Å². The van der Waals surface area contributed by atoms with Crippen LogP contribution >= 0.6 is 0 Å². The van der Waals surface area contributed by atoms with E-state index in [0.29, 0.717) is 56.7 Å². The van der Waals surface area contributed by atoms with Gasteiger partial charge in [0, 0.05) is 82.4 Å². The highest BCUT2D eigenvalue weighted by Crippen LogP contribution is 2.46. The van der Waals surface area contributed by atoms with Crippen molar-refractivity contribution in [3.8, 4) is 11.5 Å². The Bertz CT molecular complexity index is 1700. The van der Waals surface area contributed by atoms with Crippen LogP contribution in [-0.4, -0.2) is 109 Å². The number of carbonyl (C=O) groups excluding carboxylic acids is 3. The van der Waals surface area contributed by atoms with Crippen molar-refractivity contribution in [1.82, 2.24) is 14.7 Å². The molecule has 2 aromatic rings. The lowest BCUT2D eigenvalue weighted by Crippen LogP contribution is -2.50. The largest absolute Gasteiger partial charge is 0.490 e. The molecule has 4 aliphatic rings. The maximum absolute atomic E-state index is 14.1. The molecule has 0 unspecified atom stereocenters. The molecule has 6 rings (SSSR count). The smallest absolute Gasteiger partial charge is 0.410 e. The van der Waals surface area contributed by atoms with Crippen molar-refractivity contribution in [3.63, 3.8) is 0 Å². The van der Waals surface area contributed by atoms with E-state index in [-0.39, 0.29) is 35.7 Å². The van der Waals surface area contributed by atoms with Crippen molar-refractivity contribution in [2.45, 2.75) is 137 Å². The molecule has 1 saturated carbocycles. The van der Waals surface area contributed by atoms with Gasteiger partial charge in [-0.1, -0.05) is 26.8 Å². The quantitative estimate of drug-likeness (QED) is 0.274. The normalized spacial score (nSPS) is 22.6. The maximum atomic E-state index is 14.1. The fourth-order valence-electron chi connectivity index (χ4n) is 8.65. The highest BCUT2D eigenvalue weighted by Gasteiger charge is 2.35. The summed E-state index contributed by atoms with van der Waals surface area (Å²) in [4.78, 5) is 47.2. The lowest BCUT2D eigenvalue weighted by atomic mass is 9.68. The van der Waals surface area contributed by atoms with Crippen LogP contribution in [0.3, 0.4) is 0 Å². The molecule has 4 fully saturated rings. The number of piperidine rings is 1. The minimum Gasteiger partial charge on any atom is -0.490 e. The lowest BCUT2D eigenvalue weighted by molar-refractivity contribution is 0.0237. The van der Waals surface area contributed by atoms with Gasteiger partial charge in [-0.2, -0.15) is 0 Å². The molecule has 314 valence electrons. The Kier molecular flexibility index (Phi) is 12.9. The highest BCUT2D eigenvalue weighted by atomic mass is 16.6. The van der Waals surface area contributed by atoms with E-state index in [1.807, 2.05) is 70.7 Å². The minimum absolute atomic E-state index is 0.0179. The van der Waals surface area contributed by atoms with E-state index in [4.69, 9.17) is 18.9 Å². The van der Waals surface area contributed by atoms with Crippen LogP contribution in [-0.2, 0) is 9.47 Å². The molecule has 1 atom stereocenters. The summed E-state index contributed by atoms with van der Waals surface area (Å²) in [5, 5.41) is 0. The first-order valence-corrected chi connectivity index (χ1v) is 21.4. The Morgan fingerprint density at radius 2 is 1.19 bits per heavy atom. The number of likely N-dealkylation sites (tertiary alicyclic amines) is 2. The van der Waals surface area contributed by atoms with E-state index in [9.17, 15) is 14.4 Å². The number of rotatable bonds is 7. The van der Waals surface area contributed by atoms with Crippen molar-refractivity contribution in [3.05, 3.63) is 53.6 Å². The molecule has 0 radical (unpaired) electrons. The molecule has 2 aromatic carbocycles. The number of carbonyl (C=O) groups is 3. The van der Waals surface area contributed by atoms with Gasteiger partial charge in [0.05, 0.1) is 6.54 Å². The second-order valence-electron chi connectivity index (χ2n) is 19.7. The predicted molar refractivity (Wildman–Crippen MR) is 223 cm³/mol. The van der Waals surface area contributed by atoms with Gasteiger partial charge in [-0.3, -0.25) is 4.79 Å². The third kappa shape index (κ3) is 11.5. The molecule has 0 spiro atoms. The number of hydrogen-bond donors (Lipinski definition) is 0. The summed E-state index contributed by atoms with van der Waals surface area (Å²) in [7, 11) is 0. The summed E-state index contributed by atoms with van der Waals surface area (Å²) in [6.07, 6.45) is 6.02. The Morgan fingerprint density at radius 3 is 1.81 bits per heavy atom. The molecule has 11 heteroatoms. The predicted octanol–water partition coefficient (Wildman–Crippen LogP) is 9.14. The van der Waals surface area contributed by atoms with Crippen LogP contribution in [0.15, 0.2) is 42.5 Å². The number of benzene rings is 2. The van der Waals surface area contributed by atoms with Crippen molar-refractivity contribution in [2.24, 2.45) is 11.3 Å². The molecule has 57 heavy (non-hydrogen) atoms. The first kappa shape index (κ1) is 42.5. The van der Waals surface area contributed by atoms with E-state index >= 15 is 0 Å². The standard InChI is InChI=1S/C46H68N4O7/c1-44(2,3)34-16-13-32(14-17-34)39-29-33(15-18-40(39)55-38-21-24-50(31-38)43(53)57-46(7,8)9)41(51)48-22-19-36(20-23-48)54-37-12-10-11-35(30-37)47-25-27-49(28-26-47)42(52)56-45(4,5)6/h10-12,15,18,29-30,32,34,36,38H,13-14,16-17,19-28,31H2,1-9H3/t32-,34-,38-/m0/s1. The molecular formula is C46H68N4O7. The van der Waals surface area contributed by atoms with Crippen LogP contribution in [0, 0.1) is 11.3 Å². The fraction of sp³-hybridized carbons (Fsp3) is 0.674. The number of anilines is 1. The van der Waals surface area contributed by atoms with E-state index < -0.39 is 11.2 Å². The second kappa shape index (κ2) is 17.4. The Morgan fingerprint density at radius 1 is 0.596 bits per heavy atom. The van der Waals surface area contributed by atoms with Crippen molar-refractivity contribution < 1.29 is 33.3 Å². The van der Waals surface area contributed by atoms with Gasteiger partial charge in [0.1, 0.15) is 34.9 Å². The molecule has 3 aliphatic heterocycles.